The van der Waals surface area contributed by atoms with Crippen LogP contribution in [0.1, 0.15) is 91.2 Å². The van der Waals surface area contributed by atoms with E-state index in [9.17, 15) is 0 Å². The standard InChI is InChI=1S/C13H19Br.C13H20/c1-5-11(13(2,3)4)10-8-6-7-9-12(10)14;1-5-12(13(2,3)4)11-9-7-6-8-10-11/h6-9,11H,5H2,1-4H3;6-10,12H,5H2,1-4H3. The van der Waals surface area contributed by atoms with Crippen LogP contribution < -0.4 is 0 Å². The van der Waals surface area contributed by atoms with E-state index in [1.54, 1.807) is 0 Å². The molecule has 0 aliphatic heterocycles. The first-order chi connectivity index (χ1) is 12.5. The summed E-state index contributed by atoms with van der Waals surface area (Å²) in [7, 11) is 0. The fourth-order valence-corrected chi connectivity index (χ4v) is 4.65. The minimum atomic E-state index is 0.332. The highest BCUT2D eigenvalue weighted by Gasteiger charge is 2.25. The van der Waals surface area contributed by atoms with Crippen LogP contribution in [0.5, 0.6) is 0 Å². The Kier molecular flexibility index (Phi) is 9.28. The van der Waals surface area contributed by atoms with Crippen LogP contribution in [0.3, 0.4) is 0 Å². The fourth-order valence-electron chi connectivity index (χ4n) is 4.09. The Morgan fingerprint density at radius 3 is 1.52 bits per heavy atom. The molecule has 2 unspecified atom stereocenters. The Labute approximate surface area is 176 Å². The molecule has 0 spiro atoms. The zero-order valence-electron chi connectivity index (χ0n) is 18.6. The molecule has 0 fully saturated rings. The van der Waals surface area contributed by atoms with Gasteiger partial charge in [0, 0.05) is 4.47 Å². The number of hydrogen-bond donors (Lipinski definition) is 0. The van der Waals surface area contributed by atoms with E-state index in [1.807, 2.05) is 0 Å². The van der Waals surface area contributed by atoms with Crippen molar-refractivity contribution in [3.8, 4) is 0 Å². The molecule has 2 aromatic carbocycles. The lowest BCUT2D eigenvalue weighted by atomic mass is 9.75. The minimum absolute atomic E-state index is 0.332. The first-order valence-corrected chi connectivity index (χ1v) is 11.1. The highest BCUT2D eigenvalue weighted by Crippen LogP contribution is 2.40. The van der Waals surface area contributed by atoms with Crippen molar-refractivity contribution in [3.63, 3.8) is 0 Å². The molecule has 0 bridgehead atoms. The smallest absolute Gasteiger partial charge is 0.0210 e. The topological polar surface area (TPSA) is 0 Å². The van der Waals surface area contributed by atoms with Gasteiger partial charge in [-0.3, -0.25) is 0 Å². The molecule has 0 heterocycles. The molecule has 0 nitrogen and oxygen atoms in total. The second kappa shape index (κ2) is 10.5. The molecule has 2 aromatic rings. The third-order valence-corrected chi connectivity index (χ3v) is 6.11. The van der Waals surface area contributed by atoms with Crippen LogP contribution in [0, 0.1) is 10.8 Å². The van der Waals surface area contributed by atoms with Gasteiger partial charge < -0.3 is 0 Å². The Balaban J connectivity index is 0.000000271. The average Bonchev–Trinajstić information content (AvgIpc) is 2.57. The van der Waals surface area contributed by atoms with Crippen LogP contribution in [-0.4, -0.2) is 0 Å². The molecule has 0 radical (unpaired) electrons. The van der Waals surface area contributed by atoms with E-state index in [2.05, 4.69) is 126 Å². The van der Waals surface area contributed by atoms with Gasteiger partial charge in [-0.05, 0) is 52.7 Å². The molecule has 0 saturated heterocycles. The maximum atomic E-state index is 3.63. The highest BCUT2D eigenvalue weighted by molar-refractivity contribution is 9.10. The SMILES string of the molecule is CCC(c1ccccc1)C(C)(C)C.CCC(c1ccccc1Br)C(C)(C)C. The maximum Gasteiger partial charge on any atom is 0.0210 e. The lowest BCUT2D eigenvalue weighted by molar-refractivity contribution is 0.311. The maximum absolute atomic E-state index is 3.63. The summed E-state index contributed by atoms with van der Waals surface area (Å²) >= 11 is 3.63. The summed E-state index contributed by atoms with van der Waals surface area (Å²) in [5.41, 5.74) is 3.61. The third kappa shape index (κ3) is 7.45. The van der Waals surface area contributed by atoms with Gasteiger partial charge in [-0.2, -0.15) is 0 Å². The summed E-state index contributed by atoms with van der Waals surface area (Å²) in [5, 5.41) is 0. The Hall–Kier alpha value is -1.08. The van der Waals surface area contributed by atoms with Crippen molar-refractivity contribution in [2.24, 2.45) is 10.8 Å². The molecule has 1 heteroatoms. The van der Waals surface area contributed by atoms with Crippen molar-refractivity contribution < 1.29 is 0 Å². The quantitative estimate of drug-likeness (QED) is 0.452. The van der Waals surface area contributed by atoms with Gasteiger partial charge in [0.25, 0.3) is 0 Å². The third-order valence-electron chi connectivity index (χ3n) is 5.39. The highest BCUT2D eigenvalue weighted by atomic mass is 79.9. The first kappa shape index (κ1) is 24.0. The Morgan fingerprint density at radius 2 is 1.11 bits per heavy atom. The summed E-state index contributed by atoms with van der Waals surface area (Å²) in [6, 6.07) is 19.4. The van der Waals surface area contributed by atoms with Crippen LogP contribution in [0.15, 0.2) is 59.1 Å². The number of rotatable bonds is 4. The van der Waals surface area contributed by atoms with Crippen molar-refractivity contribution >= 4 is 15.9 Å². The zero-order valence-corrected chi connectivity index (χ0v) is 20.2. The van der Waals surface area contributed by atoms with Crippen LogP contribution in [0.4, 0.5) is 0 Å². The second-order valence-corrected chi connectivity index (χ2v) is 10.4. The number of hydrogen-bond acceptors (Lipinski definition) is 0. The summed E-state index contributed by atoms with van der Waals surface area (Å²) in [6.45, 7) is 18.4. The van der Waals surface area contributed by atoms with Gasteiger partial charge in [-0.1, -0.05) is 120 Å². The summed E-state index contributed by atoms with van der Waals surface area (Å²) in [4.78, 5) is 0. The predicted octanol–water partition coefficient (Wildman–Crippen LogP) is 9.22. The largest absolute Gasteiger partial charge is 0.0648 e. The van der Waals surface area contributed by atoms with Gasteiger partial charge in [-0.15, -0.1) is 0 Å². The van der Waals surface area contributed by atoms with E-state index < -0.39 is 0 Å². The Bertz CT molecular complexity index is 659. The van der Waals surface area contributed by atoms with Crippen molar-refractivity contribution in [2.75, 3.05) is 0 Å². The average molecular weight is 432 g/mol. The van der Waals surface area contributed by atoms with E-state index in [0.29, 0.717) is 22.7 Å². The van der Waals surface area contributed by atoms with E-state index in [4.69, 9.17) is 0 Å². The van der Waals surface area contributed by atoms with Crippen LogP contribution in [-0.2, 0) is 0 Å². The zero-order chi connectivity index (χ0) is 20.7. The van der Waals surface area contributed by atoms with Gasteiger partial charge in [0.1, 0.15) is 0 Å². The molecular formula is C26H39Br. The molecule has 2 rings (SSSR count). The summed E-state index contributed by atoms with van der Waals surface area (Å²) < 4.78 is 1.24. The van der Waals surface area contributed by atoms with E-state index in [1.165, 1.54) is 28.4 Å². The number of benzene rings is 2. The molecular weight excluding hydrogens is 392 g/mol. The van der Waals surface area contributed by atoms with Crippen molar-refractivity contribution in [3.05, 3.63) is 70.2 Å². The minimum Gasteiger partial charge on any atom is -0.0648 e. The molecule has 0 aliphatic carbocycles. The molecule has 27 heavy (non-hydrogen) atoms. The van der Waals surface area contributed by atoms with Gasteiger partial charge >= 0.3 is 0 Å². The van der Waals surface area contributed by atoms with Crippen LogP contribution in [0.2, 0.25) is 0 Å². The van der Waals surface area contributed by atoms with Gasteiger partial charge in [0.2, 0.25) is 0 Å². The lowest BCUT2D eigenvalue weighted by Gasteiger charge is -2.31. The van der Waals surface area contributed by atoms with E-state index in [0.717, 1.165) is 0 Å². The number of halogens is 1. The molecule has 0 aromatic heterocycles. The van der Waals surface area contributed by atoms with Crippen LogP contribution in [0.25, 0.3) is 0 Å². The van der Waals surface area contributed by atoms with Gasteiger partial charge in [0.05, 0.1) is 0 Å². The van der Waals surface area contributed by atoms with Crippen LogP contribution >= 0.6 is 15.9 Å². The van der Waals surface area contributed by atoms with Crippen molar-refractivity contribution in [1.82, 2.24) is 0 Å². The molecule has 0 amide bonds. The lowest BCUT2D eigenvalue weighted by Crippen LogP contribution is -2.18. The summed E-state index contributed by atoms with van der Waals surface area (Å²) in [5.74, 6) is 1.30. The van der Waals surface area contributed by atoms with Crippen molar-refractivity contribution in [1.29, 1.82) is 0 Å². The van der Waals surface area contributed by atoms with Gasteiger partial charge in [-0.25, -0.2) is 0 Å². The summed E-state index contributed by atoms with van der Waals surface area (Å²) in [6.07, 6.45) is 2.40. The second-order valence-electron chi connectivity index (χ2n) is 9.59. The molecule has 0 N–H and O–H groups in total. The first-order valence-electron chi connectivity index (χ1n) is 10.3. The predicted molar refractivity (Wildman–Crippen MR) is 126 cm³/mol. The molecule has 2 atom stereocenters. The monoisotopic (exact) mass is 430 g/mol. The van der Waals surface area contributed by atoms with E-state index >= 15 is 0 Å². The normalized spacial score (nSPS) is 14.1. The van der Waals surface area contributed by atoms with Gasteiger partial charge in [0.15, 0.2) is 0 Å². The molecule has 0 aliphatic rings. The Morgan fingerprint density at radius 1 is 0.667 bits per heavy atom. The fraction of sp³-hybridized carbons (Fsp3) is 0.538. The molecule has 0 saturated carbocycles. The molecule has 150 valence electrons. The van der Waals surface area contributed by atoms with E-state index in [-0.39, 0.29) is 0 Å². The van der Waals surface area contributed by atoms with Crippen molar-refractivity contribution in [2.45, 2.75) is 80.1 Å².